The number of aliphatic hydroxyl groups excluding tert-OH is 2. The molecule has 4 rings (SSSR count). The minimum atomic E-state index is -0.780. The fourth-order valence-corrected chi connectivity index (χ4v) is 4.16. The number of esters is 1. The number of nitrogens with one attached hydrogen (secondary N) is 2. The van der Waals surface area contributed by atoms with Crippen LogP contribution in [0.2, 0.25) is 0 Å². The number of amides is 1. The third-order valence-corrected chi connectivity index (χ3v) is 6.15. The summed E-state index contributed by atoms with van der Waals surface area (Å²) in [6.07, 6.45) is 0.643. The molecule has 7 nitrogen and oxygen atoms in total. The predicted octanol–water partition coefficient (Wildman–Crippen LogP) is 7.57. The van der Waals surface area contributed by atoms with E-state index in [1.807, 2.05) is 74.5 Å². The van der Waals surface area contributed by atoms with Gasteiger partial charge in [-0.25, -0.2) is 4.39 Å². The second-order valence-corrected chi connectivity index (χ2v) is 10.2. The molecule has 1 aromatic heterocycles. The third-order valence-electron chi connectivity index (χ3n) is 6.15. The second-order valence-electron chi connectivity index (χ2n) is 10.2. The van der Waals surface area contributed by atoms with Gasteiger partial charge in [0.1, 0.15) is 5.82 Å². The van der Waals surface area contributed by atoms with Crippen molar-refractivity contribution in [2.45, 2.75) is 59.0 Å². The maximum atomic E-state index is 13.5. The SMILES string of the molecule is CC(C)c1[nH]c(-c2ccc(F)cc2)c(-c2ccccc2)c1C(=O)Nc1ccccc1.CCC.COC(=O)C[C@H](O)CCO. The first-order valence-electron chi connectivity index (χ1n) is 14.5. The zero-order chi connectivity index (χ0) is 31.8. The summed E-state index contributed by atoms with van der Waals surface area (Å²) >= 11 is 0. The Morgan fingerprint density at radius 1 is 0.907 bits per heavy atom. The smallest absolute Gasteiger partial charge is 0.308 e. The highest BCUT2D eigenvalue weighted by Gasteiger charge is 2.26. The van der Waals surface area contributed by atoms with Gasteiger partial charge in [0.15, 0.2) is 0 Å². The highest BCUT2D eigenvalue weighted by Crippen LogP contribution is 2.39. The molecule has 1 atom stereocenters. The summed E-state index contributed by atoms with van der Waals surface area (Å²) in [5.74, 6) is -0.829. The number of halogens is 1. The number of aliphatic hydroxyl groups is 2. The molecule has 4 N–H and O–H groups in total. The number of methoxy groups -OCH3 is 1. The Kier molecular flexibility index (Phi) is 14.9. The molecule has 0 fully saturated rings. The van der Waals surface area contributed by atoms with E-state index in [-0.39, 0.29) is 37.1 Å². The van der Waals surface area contributed by atoms with E-state index in [2.05, 4.69) is 28.9 Å². The molecule has 1 amide bonds. The number of aromatic nitrogens is 1. The highest BCUT2D eigenvalue weighted by atomic mass is 19.1. The van der Waals surface area contributed by atoms with Crippen LogP contribution in [0.5, 0.6) is 0 Å². The summed E-state index contributed by atoms with van der Waals surface area (Å²) in [4.78, 5) is 27.3. The summed E-state index contributed by atoms with van der Waals surface area (Å²) in [5.41, 5.74) is 5.58. The zero-order valence-electron chi connectivity index (χ0n) is 25.6. The van der Waals surface area contributed by atoms with Crippen molar-refractivity contribution >= 4 is 17.6 Å². The molecule has 3 aromatic carbocycles. The number of hydrogen-bond donors (Lipinski definition) is 4. The topological polar surface area (TPSA) is 112 Å². The molecule has 0 saturated heterocycles. The fourth-order valence-electron chi connectivity index (χ4n) is 4.16. The number of carbonyl (C=O) groups is 2. The first-order chi connectivity index (χ1) is 20.7. The first-order valence-corrected chi connectivity index (χ1v) is 14.5. The number of anilines is 1. The van der Waals surface area contributed by atoms with E-state index in [9.17, 15) is 14.0 Å². The highest BCUT2D eigenvalue weighted by molar-refractivity contribution is 6.12. The lowest BCUT2D eigenvalue weighted by molar-refractivity contribution is -0.142. The summed E-state index contributed by atoms with van der Waals surface area (Å²) in [6.45, 7) is 8.24. The standard InChI is InChI=1S/C26H23FN2O.C6H12O4.C3H8/c1-17(2)24-23(26(30)28-21-11-7-4-8-12-21)22(18-9-5-3-6-10-18)25(29-24)19-13-15-20(27)16-14-19;1-10-6(9)4-5(8)2-3-7;1-3-2/h3-17,29H,1-2H3,(H,28,30);5,7-8H,2-4H2,1H3;3H2,1-2H3/t;5-;/m.1./s1. The van der Waals surface area contributed by atoms with Crippen LogP contribution in [0.4, 0.5) is 10.1 Å². The summed E-state index contributed by atoms with van der Waals surface area (Å²) in [7, 11) is 1.26. The van der Waals surface area contributed by atoms with Crippen LogP contribution in [0.3, 0.4) is 0 Å². The minimum absolute atomic E-state index is 0.0446. The first kappa shape index (κ1) is 34.9. The molecule has 0 spiro atoms. The van der Waals surface area contributed by atoms with Gasteiger partial charge >= 0.3 is 5.97 Å². The van der Waals surface area contributed by atoms with Crippen LogP contribution in [0.15, 0.2) is 84.9 Å². The van der Waals surface area contributed by atoms with Crippen LogP contribution >= 0.6 is 0 Å². The Bertz CT molecular complexity index is 1390. The number of rotatable bonds is 9. The molecule has 0 bridgehead atoms. The van der Waals surface area contributed by atoms with Crippen LogP contribution in [0.25, 0.3) is 22.4 Å². The van der Waals surface area contributed by atoms with E-state index in [4.69, 9.17) is 10.2 Å². The van der Waals surface area contributed by atoms with E-state index < -0.39 is 12.1 Å². The Hall–Kier alpha value is -4.27. The van der Waals surface area contributed by atoms with Gasteiger partial charge in [-0.3, -0.25) is 9.59 Å². The van der Waals surface area contributed by atoms with Gasteiger partial charge in [0.2, 0.25) is 0 Å². The Labute approximate surface area is 253 Å². The lowest BCUT2D eigenvalue weighted by atomic mass is 9.94. The van der Waals surface area contributed by atoms with Gasteiger partial charge in [-0.2, -0.15) is 0 Å². The maximum Gasteiger partial charge on any atom is 0.308 e. The molecule has 0 saturated carbocycles. The van der Waals surface area contributed by atoms with Gasteiger partial charge in [0.25, 0.3) is 5.91 Å². The molecule has 0 aliphatic rings. The largest absolute Gasteiger partial charge is 0.469 e. The molecule has 0 aliphatic carbocycles. The molecule has 8 heteroatoms. The quantitative estimate of drug-likeness (QED) is 0.150. The molecule has 0 unspecified atom stereocenters. The average molecular weight is 591 g/mol. The molecule has 1 heterocycles. The Morgan fingerprint density at radius 2 is 1.47 bits per heavy atom. The van der Waals surface area contributed by atoms with Gasteiger partial charge in [-0.1, -0.05) is 82.6 Å². The van der Waals surface area contributed by atoms with Crippen LogP contribution in [-0.2, 0) is 9.53 Å². The van der Waals surface area contributed by atoms with Gasteiger partial charge in [0, 0.05) is 23.6 Å². The van der Waals surface area contributed by atoms with Crippen LogP contribution in [0, 0.1) is 5.82 Å². The van der Waals surface area contributed by atoms with E-state index in [1.165, 1.54) is 25.7 Å². The van der Waals surface area contributed by atoms with Gasteiger partial charge in [0.05, 0.1) is 30.9 Å². The third kappa shape index (κ3) is 10.8. The van der Waals surface area contributed by atoms with Crippen molar-refractivity contribution in [3.05, 3.63) is 102 Å². The maximum absolute atomic E-state index is 13.5. The predicted molar refractivity (Wildman–Crippen MR) is 170 cm³/mol. The zero-order valence-corrected chi connectivity index (χ0v) is 25.6. The van der Waals surface area contributed by atoms with Crippen LogP contribution < -0.4 is 5.32 Å². The summed E-state index contributed by atoms with van der Waals surface area (Å²) in [6, 6.07) is 25.6. The normalized spacial score (nSPS) is 11.0. The number of carbonyl (C=O) groups excluding carboxylic acids is 2. The van der Waals surface area contributed by atoms with Crippen molar-refractivity contribution in [3.63, 3.8) is 0 Å². The molecule has 0 radical (unpaired) electrons. The van der Waals surface area contributed by atoms with Crippen molar-refractivity contribution in [1.82, 2.24) is 4.98 Å². The number of hydrogen-bond acceptors (Lipinski definition) is 5. The Morgan fingerprint density at radius 3 is 1.98 bits per heavy atom. The molecule has 230 valence electrons. The van der Waals surface area contributed by atoms with E-state index in [0.717, 1.165) is 33.8 Å². The Balaban J connectivity index is 0.000000420. The minimum Gasteiger partial charge on any atom is -0.469 e. The second kappa shape index (κ2) is 18.3. The van der Waals surface area contributed by atoms with Crippen LogP contribution in [-0.4, -0.2) is 46.9 Å². The van der Waals surface area contributed by atoms with Crippen molar-refractivity contribution in [3.8, 4) is 22.4 Å². The van der Waals surface area contributed by atoms with Gasteiger partial charge < -0.3 is 25.3 Å². The molecule has 43 heavy (non-hydrogen) atoms. The molecule has 4 aromatic rings. The van der Waals surface area contributed by atoms with E-state index in [0.29, 0.717) is 5.56 Å². The number of benzene rings is 3. The fraction of sp³-hybridized carbons (Fsp3) is 0.314. The van der Waals surface area contributed by atoms with Crippen molar-refractivity contribution in [2.75, 3.05) is 19.0 Å². The number of ether oxygens (including phenoxy) is 1. The van der Waals surface area contributed by atoms with E-state index in [1.54, 1.807) is 12.1 Å². The van der Waals surface area contributed by atoms with Crippen molar-refractivity contribution < 1.29 is 28.9 Å². The lowest BCUT2D eigenvalue weighted by Gasteiger charge is -2.11. The molecule has 0 aliphatic heterocycles. The number of aromatic amines is 1. The monoisotopic (exact) mass is 590 g/mol. The van der Waals surface area contributed by atoms with Crippen molar-refractivity contribution in [2.24, 2.45) is 0 Å². The molecular weight excluding hydrogens is 547 g/mol. The van der Waals surface area contributed by atoms with Crippen molar-refractivity contribution in [1.29, 1.82) is 0 Å². The summed E-state index contributed by atoms with van der Waals surface area (Å²) in [5, 5.41) is 20.2. The number of H-pyrrole nitrogens is 1. The summed E-state index contributed by atoms with van der Waals surface area (Å²) < 4.78 is 17.8. The lowest BCUT2D eigenvalue weighted by Crippen LogP contribution is -2.15. The molecular formula is C35H43FN2O5. The number of para-hydroxylation sites is 1. The van der Waals surface area contributed by atoms with Gasteiger partial charge in [-0.05, 0) is 59.9 Å². The van der Waals surface area contributed by atoms with Crippen LogP contribution in [0.1, 0.15) is 68.9 Å². The average Bonchev–Trinajstić information content (AvgIpc) is 3.41. The van der Waals surface area contributed by atoms with E-state index >= 15 is 0 Å². The van der Waals surface area contributed by atoms with Gasteiger partial charge in [-0.15, -0.1) is 0 Å².